The summed E-state index contributed by atoms with van der Waals surface area (Å²) in [7, 11) is 0. The summed E-state index contributed by atoms with van der Waals surface area (Å²) in [5.41, 5.74) is 1.41. The SMILES string of the molecule is Cc1cc2c(cc1OCCCO)OCCn1cc(C(=O)O)c(=O)cc1-2. The van der Waals surface area contributed by atoms with Gasteiger partial charge < -0.3 is 24.3 Å². The fraction of sp³-hybridized carbons (Fsp3) is 0.333. The Hall–Kier alpha value is -2.80. The molecule has 7 heteroatoms. The van der Waals surface area contributed by atoms with Crippen LogP contribution in [0.1, 0.15) is 22.3 Å². The minimum Gasteiger partial charge on any atom is -0.493 e. The molecule has 2 aromatic rings. The van der Waals surface area contributed by atoms with Crippen molar-refractivity contribution in [2.45, 2.75) is 19.9 Å². The summed E-state index contributed by atoms with van der Waals surface area (Å²) in [6.45, 7) is 3.12. The third-order valence-electron chi connectivity index (χ3n) is 4.06. The molecule has 7 nitrogen and oxygen atoms in total. The number of ether oxygens (including phenoxy) is 2. The van der Waals surface area contributed by atoms with Gasteiger partial charge in [0.05, 0.1) is 18.8 Å². The summed E-state index contributed by atoms with van der Waals surface area (Å²) < 4.78 is 13.2. The van der Waals surface area contributed by atoms with Crippen LogP contribution >= 0.6 is 0 Å². The van der Waals surface area contributed by atoms with E-state index in [1.165, 1.54) is 12.3 Å². The molecular weight excluding hydrogens is 326 g/mol. The molecule has 2 N–H and O–H groups in total. The molecule has 0 saturated heterocycles. The van der Waals surface area contributed by atoms with E-state index in [1.54, 1.807) is 10.6 Å². The van der Waals surface area contributed by atoms with E-state index in [0.29, 0.717) is 43.4 Å². The van der Waals surface area contributed by atoms with Gasteiger partial charge in [-0.2, -0.15) is 0 Å². The number of aromatic carboxylic acids is 1. The number of rotatable bonds is 5. The number of aliphatic hydroxyl groups excluding tert-OH is 1. The van der Waals surface area contributed by atoms with Crippen LogP contribution < -0.4 is 14.9 Å². The van der Waals surface area contributed by atoms with Gasteiger partial charge >= 0.3 is 5.97 Å². The van der Waals surface area contributed by atoms with E-state index in [-0.39, 0.29) is 12.2 Å². The van der Waals surface area contributed by atoms with Gasteiger partial charge in [-0.15, -0.1) is 0 Å². The highest BCUT2D eigenvalue weighted by atomic mass is 16.5. The lowest BCUT2D eigenvalue weighted by molar-refractivity contribution is 0.0694. The Labute approximate surface area is 144 Å². The van der Waals surface area contributed by atoms with Crippen molar-refractivity contribution < 1.29 is 24.5 Å². The molecule has 0 atom stereocenters. The summed E-state index contributed by atoms with van der Waals surface area (Å²) in [4.78, 5) is 23.3. The van der Waals surface area contributed by atoms with Crippen LogP contribution in [0.3, 0.4) is 0 Å². The summed E-state index contributed by atoms with van der Waals surface area (Å²) >= 11 is 0. The third kappa shape index (κ3) is 3.36. The van der Waals surface area contributed by atoms with Crippen LogP contribution in [0.4, 0.5) is 0 Å². The number of carbonyl (C=O) groups is 1. The Morgan fingerprint density at radius 3 is 2.88 bits per heavy atom. The predicted molar refractivity (Wildman–Crippen MR) is 90.5 cm³/mol. The molecule has 1 aromatic heterocycles. The van der Waals surface area contributed by atoms with Crippen molar-refractivity contribution in [3.05, 3.63) is 45.7 Å². The van der Waals surface area contributed by atoms with Gasteiger partial charge in [-0.05, 0) is 18.6 Å². The molecule has 0 radical (unpaired) electrons. The van der Waals surface area contributed by atoms with Crippen LogP contribution in [0.15, 0.2) is 29.2 Å². The smallest absolute Gasteiger partial charge is 0.341 e. The maximum atomic E-state index is 12.1. The number of carboxylic acid groups (broad SMARTS) is 1. The number of hydrogen-bond acceptors (Lipinski definition) is 5. The molecule has 0 amide bonds. The number of carboxylic acids is 1. The van der Waals surface area contributed by atoms with E-state index in [1.807, 2.05) is 13.0 Å². The van der Waals surface area contributed by atoms with Gasteiger partial charge in [0.2, 0.25) is 0 Å². The average Bonchev–Trinajstić information content (AvgIpc) is 2.73. The molecule has 0 bridgehead atoms. The van der Waals surface area contributed by atoms with Gasteiger partial charge in [0.1, 0.15) is 23.7 Å². The van der Waals surface area contributed by atoms with Crippen molar-refractivity contribution >= 4 is 5.97 Å². The molecule has 0 aliphatic carbocycles. The zero-order valence-corrected chi connectivity index (χ0v) is 13.8. The number of aliphatic hydroxyl groups is 1. The first-order valence-corrected chi connectivity index (χ1v) is 8.00. The van der Waals surface area contributed by atoms with Crippen LogP contribution in [-0.2, 0) is 6.54 Å². The van der Waals surface area contributed by atoms with Gasteiger partial charge in [-0.3, -0.25) is 4.79 Å². The van der Waals surface area contributed by atoms with Crippen molar-refractivity contribution in [1.82, 2.24) is 4.57 Å². The minimum absolute atomic E-state index is 0.0582. The molecule has 0 unspecified atom stereocenters. The number of nitrogens with zero attached hydrogens (tertiary/aromatic N) is 1. The van der Waals surface area contributed by atoms with Gasteiger partial charge in [0.25, 0.3) is 0 Å². The van der Waals surface area contributed by atoms with Gasteiger partial charge in [-0.1, -0.05) is 0 Å². The largest absolute Gasteiger partial charge is 0.493 e. The monoisotopic (exact) mass is 345 g/mol. The van der Waals surface area contributed by atoms with E-state index in [0.717, 1.165) is 11.1 Å². The van der Waals surface area contributed by atoms with Crippen LogP contribution in [0.25, 0.3) is 11.3 Å². The zero-order chi connectivity index (χ0) is 18.0. The number of aryl methyl sites for hydroxylation is 1. The molecule has 132 valence electrons. The summed E-state index contributed by atoms with van der Waals surface area (Å²) in [6.07, 6.45) is 1.90. The summed E-state index contributed by atoms with van der Waals surface area (Å²) in [5, 5.41) is 18.0. The maximum absolute atomic E-state index is 12.1. The van der Waals surface area contributed by atoms with Crippen LogP contribution in [-0.4, -0.2) is 40.6 Å². The van der Waals surface area contributed by atoms with Crippen molar-refractivity contribution in [2.24, 2.45) is 0 Å². The molecule has 0 fully saturated rings. The van der Waals surface area contributed by atoms with Gasteiger partial charge in [0.15, 0.2) is 5.43 Å². The predicted octanol–water partition coefficient (Wildman–Crippen LogP) is 1.68. The Morgan fingerprint density at radius 2 is 2.16 bits per heavy atom. The normalized spacial score (nSPS) is 12.6. The van der Waals surface area contributed by atoms with Crippen molar-refractivity contribution in [2.75, 3.05) is 19.8 Å². The number of pyridine rings is 1. The Morgan fingerprint density at radius 1 is 1.36 bits per heavy atom. The molecule has 2 heterocycles. The van der Waals surface area contributed by atoms with Crippen molar-refractivity contribution in [3.8, 4) is 22.8 Å². The quantitative estimate of drug-likeness (QED) is 0.800. The molecule has 0 saturated carbocycles. The lowest BCUT2D eigenvalue weighted by Gasteiger charge is -2.15. The van der Waals surface area contributed by atoms with Crippen molar-refractivity contribution in [3.63, 3.8) is 0 Å². The summed E-state index contributed by atoms with van der Waals surface area (Å²) in [6, 6.07) is 4.97. The van der Waals surface area contributed by atoms with E-state index in [4.69, 9.17) is 19.7 Å². The molecule has 1 aliphatic rings. The molecule has 1 aliphatic heterocycles. The second kappa shape index (κ2) is 6.98. The molecule has 0 spiro atoms. The summed E-state index contributed by atoms with van der Waals surface area (Å²) in [5.74, 6) is -0.00187. The van der Waals surface area contributed by atoms with Crippen molar-refractivity contribution in [1.29, 1.82) is 0 Å². The van der Waals surface area contributed by atoms with Crippen LogP contribution in [0, 0.1) is 6.92 Å². The second-order valence-electron chi connectivity index (χ2n) is 5.82. The number of aromatic nitrogens is 1. The van der Waals surface area contributed by atoms with E-state index >= 15 is 0 Å². The van der Waals surface area contributed by atoms with E-state index < -0.39 is 11.4 Å². The maximum Gasteiger partial charge on any atom is 0.341 e. The molecule has 3 rings (SSSR count). The average molecular weight is 345 g/mol. The van der Waals surface area contributed by atoms with E-state index in [2.05, 4.69) is 0 Å². The number of fused-ring (bicyclic) bond motifs is 3. The third-order valence-corrected chi connectivity index (χ3v) is 4.06. The fourth-order valence-corrected chi connectivity index (χ4v) is 2.80. The standard InChI is InChI=1S/C18H19NO6/c1-11-7-12-14-8-15(21)13(18(22)23)10-19(14)3-6-25-17(12)9-16(11)24-5-2-4-20/h7-10,20H,2-6H2,1H3,(H,22,23). The zero-order valence-electron chi connectivity index (χ0n) is 13.8. The van der Waals surface area contributed by atoms with Gasteiger partial charge in [-0.25, -0.2) is 4.79 Å². The first-order chi connectivity index (χ1) is 12.0. The molecule has 25 heavy (non-hydrogen) atoms. The highest BCUT2D eigenvalue weighted by molar-refractivity contribution is 5.87. The first kappa shape index (κ1) is 17.0. The fourth-order valence-electron chi connectivity index (χ4n) is 2.80. The highest BCUT2D eigenvalue weighted by Gasteiger charge is 2.20. The topological polar surface area (TPSA) is 98.0 Å². The van der Waals surface area contributed by atoms with Crippen LogP contribution in [0.2, 0.25) is 0 Å². The molecule has 1 aromatic carbocycles. The Balaban J connectivity index is 2.07. The highest BCUT2D eigenvalue weighted by Crippen LogP contribution is 2.37. The second-order valence-corrected chi connectivity index (χ2v) is 5.82. The van der Waals surface area contributed by atoms with Gasteiger partial charge in [0, 0.05) is 36.9 Å². The Bertz CT molecular complexity index is 871. The lowest BCUT2D eigenvalue weighted by Crippen LogP contribution is -2.19. The first-order valence-electron chi connectivity index (χ1n) is 8.00. The van der Waals surface area contributed by atoms with Crippen LogP contribution in [0.5, 0.6) is 11.5 Å². The molecular formula is C18H19NO6. The lowest BCUT2D eigenvalue weighted by atomic mass is 10.0. The Kier molecular flexibility index (Phi) is 4.76. The van der Waals surface area contributed by atoms with E-state index in [9.17, 15) is 9.59 Å². The number of benzene rings is 1. The minimum atomic E-state index is -1.24. The number of hydrogen-bond donors (Lipinski definition) is 2.